The number of halogens is 4. The monoisotopic (exact) mass is 364 g/mol. The maximum Gasteiger partial charge on any atom is 0.416 e. The molecule has 0 aromatic heterocycles. The zero-order valence-electron chi connectivity index (χ0n) is 13.6. The number of benzene rings is 1. The van der Waals surface area contributed by atoms with Gasteiger partial charge in [-0.1, -0.05) is 25.1 Å². The lowest BCUT2D eigenvalue weighted by atomic mass is 9.96. The highest BCUT2D eigenvalue weighted by atomic mass is 35.5. The van der Waals surface area contributed by atoms with E-state index in [2.05, 4.69) is 5.32 Å². The lowest BCUT2D eigenvalue weighted by Crippen LogP contribution is -2.31. The molecule has 3 unspecified atom stereocenters. The minimum Gasteiger partial charge on any atom is -0.356 e. The van der Waals surface area contributed by atoms with Crippen LogP contribution >= 0.6 is 12.4 Å². The van der Waals surface area contributed by atoms with Gasteiger partial charge in [-0.05, 0) is 43.2 Å². The second-order valence-corrected chi connectivity index (χ2v) is 6.37. The number of rotatable bonds is 5. The average Bonchev–Trinajstić information content (AvgIpc) is 2.93. The molecule has 2 rings (SSSR count). The SMILES string of the molecule is CC(CCNC(=O)C1CCC(N)C1)c1cccc(C(F)(F)F)c1.Cl. The van der Waals surface area contributed by atoms with Crippen LogP contribution in [0.25, 0.3) is 0 Å². The van der Waals surface area contributed by atoms with Gasteiger partial charge in [0.05, 0.1) is 5.56 Å². The van der Waals surface area contributed by atoms with Gasteiger partial charge in [0.2, 0.25) is 5.91 Å². The van der Waals surface area contributed by atoms with Crippen LogP contribution in [0.5, 0.6) is 0 Å². The Balaban J connectivity index is 0.00000288. The fourth-order valence-electron chi connectivity index (χ4n) is 3.00. The Morgan fingerprint density at radius 3 is 2.67 bits per heavy atom. The third-order valence-corrected chi connectivity index (χ3v) is 4.50. The Bertz CT molecular complexity index is 551. The van der Waals surface area contributed by atoms with Gasteiger partial charge in [-0.25, -0.2) is 0 Å². The number of nitrogens with one attached hydrogen (secondary N) is 1. The van der Waals surface area contributed by atoms with Gasteiger partial charge in [0.15, 0.2) is 0 Å². The molecule has 0 saturated heterocycles. The molecule has 1 aliphatic carbocycles. The van der Waals surface area contributed by atoms with Crippen LogP contribution in [-0.2, 0) is 11.0 Å². The minimum atomic E-state index is -4.33. The van der Waals surface area contributed by atoms with E-state index in [1.807, 2.05) is 6.92 Å². The van der Waals surface area contributed by atoms with Crippen LogP contribution in [0.15, 0.2) is 24.3 Å². The predicted octanol–water partition coefficient (Wildman–Crippen LogP) is 3.86. The van der Waals surface area contributed by atoms with Crippen LogP contribution in [0.4, 0.5) is 13.2 Å². The van der Waals surface area contributed by atoms with Crippen molar-refractivity contribution in [2.75, 3.05) is 6.54 Å². The van der Waals surface area contributed by atoms with Gasteiger partial charge in [-0.15, -0.1) is 12.4 Å². The summed E-state index contributed by atoms with van der Waals surface area (Å²) in [6.07, 6.45) is -1.32. The van der Waals surface area contributed by atoms with Gasteiger partial charge < -0.3 is 11.1 Å². The zero-order valence-corrected chi connectivity index (χ0v) is 14.4. The minimum absolute atomic E-state index is 0. The van der Waals surface area contributed by atoms with Crippen molar-refractivity contribution in [3.63, 3.8) is 0 Å². The summed E-state index contributed by atoms with van der Waals surface area (Å²) in [5, 5.41) is 2.87. The summed E-state index contributed by atoms with van der Waals surface area (Å²) in [7, 11) is 0. The molecule has 0 bridgehead atoms. The van der Waals surface area contributed by atoms with E-state index in [4.69, 9.17) is 5.73 Å². The number of hydrogen-bond donors (Lipinski definition) is 2. The standard InChI is InChI=1S/C17H23F3N2O.ClH/c1-11(12-3-2-4-14(9-12)17(18,19)20)7-8-22-16(23)13-5-6-15(21)10-13;/h2-4,9,11,13,15H,5-8,10,21H2,1H3,(H,22,23);1H. The highest BCUT2D eigenvalue weighted by molar-refractivity contribution is 5.85. The van der Waals surface area contributed by atoms with Crippen molar-refractivity contribution in [1.29, 1.82) is 0 Å². The second kappa shape index (κ2) is 8.72. The first-order valence-corrected chi connectivity index (χ1v) is 7.98. The Labute approximate surface area is 146 Å². The van der Waals surface area contributed by atoms with Crippen molar-refractivity contribution < 1.29 is 18.0 Å². The summed E-state index contributed by atoms with van der Waals surface area (Å²) in [6.45, 7) is 2.33. The number of amides is 1. The van der Waals surface area contributed by atoms with Crippen LogP contribution in [-0.4, -0.2) is 18.5 Å². The molecule has 7 heteroatoms. The summed E-state index contributed by atoms with van der Waals surface area (Å²) in [5.74, 6) is -0.0634. The van der Waals surface area contributed by atoms with Crippen molar-refractivity contribution in [1.82, 2.24) is 5.32 Å². The molecular formula is C17H24ClF3N2O. The molecule has 3 nitrogen and oxygen atoms in total. The van der Waals surface area contributed by atoms with Crippen LogP contribution in [0.3, 0.4) is 0 Å². The summed E-state index contributed by atoms with van der Waals surface area (Å²) >= 11 is 0. The molecule has 0 spiro atoms. The zero-order chi connectivity index (χ0) is 17.0. The van der Waals surface area contributed by atoms with Gasteiger partial charge in [-0.3, -0.25) is 4.79 Å². The van der Waals surface area contributed by atoms with E-state index < -0.39 is 11.7 Å². The predicted molar refractivity (Wildman–Crippen MR) is 90.1 cm³/mol. The normalized spacial score (nSPS) is 21.9. The van der Waals surface area contributed by atoms with Crippen molar-refractivity contribution in [2.45, 2.75) is 50.7 Å². The van der Waals surface area contributed by atoms with E-state index >= 15 is 0 Å². The number of carbonyl (C=O) groups is 1. The summed E-state index contributed by atoms with van der Waals surface area (Å²) in [6, 6.07) is 5.48. The Kier molecular flexibility index (Phi) is 7.55. The number of alkyl halides is 3. The lowest BCUT2D eigenvalue weighted by molar-refractivity contribution is -0.137. The van der Waals surface area contributed by atoms with Crippen molar-refractivity contribution in [3.05, 3.63) is 35.4 Å². The van der Waals surface area contributed by atoms with Crippen LogP contribution in [0, 0.1) is 5.92 Å². The molecule has 0 aliphatic heterocycles. The second-order valence-electron chi connectivity index (χ2n) is 6.37. The van der Waals surface area contributed by atoms with Crippen LogP contribution in [0.2, 0.25) is 0 Å². The molecule has 1 aromatic carbocycles. The quantitative estimate of drug-likeness (QED) is 0.833. The molecule has 0 heterocycles. The Morgan fingerprint density at radius 1 is 1.38 bits per heavy atom. The molecule has 1 aromatic rings. The first-order chi connectivity index (χ1) is 10.8. The third kappa shape index (κ3) is 5.67. The molecular weight excluding hydrogens is 341 g/mol. The smallest absolute Gasteiger partial charge is 0.356 e. The van der Waals surface area contributed by atoms with Crippen molar-refractivity contribution >= 4 is 18.3 Å². The van der Waals surface area contributed by atoms with Crippen molar-refractivity contribution in [2.24, 2.45) is 11.7 Å². The largest absolute Gasteiger partial charge is 0.416 e. The molecule has 3 atom stereocenters. The Morgan fingerprint density at radius 2 is 2.08 bits per heavy atom. The first-order valence-electron chi connectivity index (χ1n) is 7.98. The van der Waals surface area contributed by atoms with E-state index in [0.29, 0.717) is 18.5 Å². The highest BCUT2D eigenvalue weighted by Gasteiger charge is 2.31. The maximum absolute atomic E-state index is 12.7. The number of hydrogen-bond acceptors (Lipinski definition) is 2. The summed E-state index contributed by atoms with van der Waals surface area (Å²) < 4.78 is 38.2. The topological polar surface area (TPSA) is 55.1 Å². The summed E-state index contributed by atoms with van der Waals surface area (Å²) in [5.41, 5.74) is 5.80. The number of carbonyl (C=O) groups excluding carboxylic acids is 1. The molecule has 1 saturated carbocycles. The van der Waals surface area contributed by atoms with E-state index in [9.17, 15) is 18.0 Å². The van der Waals surface area contributed by atoms with Gasteiger partial charge in [0, 0.05) is 18.5 Å². The van der Waals surface area contributed by atoms with Crippen LogP contribution in [0.1, 0.15) is 49.7 Å². The molecule has 24 heavy (non-hydrogen) atoms. The lowest BCUT2D eigenvalue weighted by Gasteiger charge is -2.16. The van der Waals surface area contributed by atoms with E-state index in [-0.39, 0.29) is 36.2 Å². The molecule has 1 fully saturated rings. The van der Waals surface area contributed by atoms with E-state index in [0.717, 1.165) is 25.3 Å². The highest BCUT2D eigenvalue weighted by Crippen LogP contribution is 2.31. The molecule has 0 radical (unpaired) electrons. The van der Waals surface area contributed by atoms with Crippen LogP contribution < -0.4 is 11.1 Å². The third-order valence-electron chi connectivity index (χ3n) is 4.50. The van der Waals surface area contributed by atoms with Gasteiger partial charge in [0.25, 0.3) is 0 Å². The molecule has 1 aliphatic rings. The molecule has 3 N–H and O–H groups in total. The number of nitrogens with two attached hydrogens (primary N) is 1. The first kappa shape index (κ1) is 20.8. The Hall–Kier alpha value is -1.27. The average molecular weight is 365 g/mol. The maximum atomic E-state index is 12.7. The van der Waals surface area contributed by atoms with Gasteiger partial charge in [0.1, 0.15) is 0 Å². The summed E-state index contributed by atoms with van der Waals surface area (Å²) in [4.78, 5) is 12.0. The fourth-order valence-corrected chi connectivity index (χ4v) is 3.00. The van der Waals surface area contributed by atoms with Gasteiger partial charge >= 0.3 is 6.18 Å². The van der Waals surface area contributed by atoms with E-state index in [1.165, 1.54) is 12.1 Å². The molecule has 1 amide bonds. The molecule has 136 valence electrons. The fraction of sp³-hybridized carbons (Fsp3) is 0.588. The van der Waals surface area contributed by atoms with Gasteiger partial charge in [-0.2, -0.15) is 13.2 Å². The van der Waals surface area contributed by atoms with Crippen molar-refractivity contribution in [3.8, 4) is 0 Å². The van der Waals surface area contributed by atoms with E-state index in [1.54, 1.807) is 6.07 Å².